The fourth-order valence-corrected chi connectivity index (χ4v) is 4.35. The predicted octanol–water partition coefficient (Wildman–Crippen LogP) is 5.34. The van der Waals surface area contributed by atoms with Gasteiger partial charge in [0.05, 0.1) is 25.0 Å². The number of methoxy groups -OCH3 is 1. The van der Waals surface area contributed by atoms with Crippen molar-refractivity contribution in [3.8, 4) is 11.5 Å². The third-order valence-electron chi connectivity index (χ3n) is 5.88. The number of Topliss-reactive ketones (excluding diaryl/α,β-unsaturated/α-hetero) is 1. The lowest BCUT2D eigenvalue weighted by molar-refractivity contribution is 0.101. The molecule has 0 unspecified atom stereocenters. The molecule has 1 fully saturated rings. The quantitative estimate of drug-likeness (QED) is 0.346. The van der Waals surface area contributed by atoms with Gasteiger partial charge in [0.25, 0.3) is 0 Å². The maximum atomic E-state index is 11.6. The highest BCUT2D eigenvalue weighted by Crippen LogP contribution is 2.33. The van der Waals surface area contributed by atoms with Crippen LogP contribution in [0.25, 0.3) is 11.0 Å². The first kappa shape index (κ1) is 21.7. The van der Waals surface area contributed by atoms with Crippen LogP contribution in [-0.2, 0) is 0 Å². The number of hydrogen-bond donors (Lipinski definition) is 0. The zero-order valence-electron chi connectivity index (χ0n) is 17.9. The smallest absolute Gasteiger partial charge is 0.168 e. The Morgan fingerprint density at radius 3 is 2.77 bits per heavy atom. The van der Waals surface area contributed by atoms with E-state index in [1.807, 2.05) is 24.3 Å². The number of ether oxygens (including phenoxy) is 2. The van der Waals surface area contributed by atoms with Crippen molar-refractivity contribution >= 4 is 28.4 Å². The molecule has 2 aromatic carbocycles. The maximum Gasteiger partial charge on any atom is 0.168 e. The van der Waals surface area contributed by atoms with Crippen molar-refractivity contribution in [2.45, 2.75) is 32.1 Å². The summed E-state index contributed by atoms with van der Waals surface area (Å²) >= 11 is 6.04. The van der Waals surface area contributed by atoms with Crippen LogP contribution in [0.4, 0.5) is 0 Å². The third-order valence-corrected chi connectivity index (χ3v) is 6.11. The Morgan fingerprint density at radius 1 is 1.23 bits per heavy atom. The lowest BCUT2D eigenvalue weighted by Crippen LogP contribution is -2.34. The summed E-state index contributed by atoms with van der Waals surface area (Å²) in [5, 5.41) is 6.06. The summed E-state index contributed by atoms with van der Waals surface area (Å²) < 4.78 is 16.6. The SMILES string of the molecule is COc1cc(OCCCN2CCC(c3noc4cc(Cl)ccc34)CC2)ccc1C(C)=O. The molecule has 31 heavy (non-hydrogen) atoms. The fourth-order valence-electron chi connectivity index (χ4n) is 4.19. The highest BCUT2D eigenvalue weighted by Gasteiger charge is 2.24. The Hall–Kier alpha value is -2.57. The minimum absolute atomic E-state index is 0.0192. The Morgan fingerprint density at radius 2 is 2.03 bits per heavy atom. The number of rotatable bonds is 8. The van der Waals surface area contributed by atoms with Crippen molar-refractivity contribution in [3.63, 3.8) is 0 Å². The zero-order valence-corrected chi connectivity index (χ0v) is 18.7. The van der Waals surface area contributed by atoms with Crippen LogP contribution in [0, 0.1) is 0 Å². The second kappa shape index (κ2) is 9.71. The van der Waals surface area contributed by atoms with Crippen molar-refractivity contribution < 1.29 is 18.8 Å². The third kappa shape index (κ3) is 5.02. The molecular weight excluding hydrogens is 416 g/mol. The lowest BCUT2D eigenvalue weighted by atomic mass is 9.91. The zero-order chi connectivity index (χ0) is 21.8. The van der Waals surface area contributed by atoms with E-state index in [1.54, 1.807) is 19.2 Å². The van der Waals surface area contributed by atoms with E-state index in [-0.39, 0.29) is 5.78 Å². The van der Waals surface area contributed by atoms with Crippen molar-refractivity contribution in [2.75, 3.05) is 33.4 Å². The van der Waals surface area contributed by atoms with Crippen LogP contribution in [0.1, 0.15) is 48.2 Å². The molecular formula is C24H27ClN2O4. The second-order valence-corrected chi connectivity index (χ2v) is 8.38. The molecule has 1 aromatic heterocycles. The molecule has 0 amide bonds. The Bertz CT molecular complexity index is 1060. The first-order valence-corrected chi connectivity index (χ1v) is 11.0. The van der Waals surface area contributed by atoms with Crippen LogP contribution < -0.4 is 9.47 Å². The molecule has 0 spiro atoms. The molecule has 0 saturated carbocycles. The lowest BCUT2D eigenvalue weighted by Gasteiger charge is -2.31. The number of piperidine rings is 1. The summed E-state index contributed by atoms with van der Waals surface area (Å²) in [5.41, 5.74) is 2.38. The van der Waals surface area contributed by atoms with Crippen LogP contribution >= 0.6 is 11.6 Å². The number of benzene rings is 2. The highest BCUT2D eigenvalue weighted by molar-refractivity contribution is 6.31. The molecule has 2 heterocycles. The minimum atomic E-state index is -0.0192. The van der Waals surface area contributed by atoms with E-state index in [0.717, 1.165) is 61.3 Å². The highest BCUT2D eigenvalue weighted by atomic mass is 35.5. The monoisotopic (exact) mass is 442 g/mol. The molecule has 4 rings (SSSR count). The van der Waals surface area contributed by atoms with Gasteiger partial charge in [-0.3, -0.25) is 4.79 Å². The van der Waals surface area contributed by atoms with Crippen molar-refractivity contribution in [1.82, 2.24) is 10.1 Å². The molecule has 0 radical (unpaired) electrons. The molecule has 3 aromatic rings. The number of likely N-dealkylation sites (tertiary alicyclic amines) is 1. The second-order valence-electron chi connectivity index (χ2n) is 7.94. The number of carbonyl (C=O) groups excluding carboxylic acids is 1. The number of carbonyl (C=O) groups is 1. The van der Waals surface area contributed by atoms with Gasteiger partial charge < -0.3 is 18.9 Å². The molecule has 164 valence electrons. The van der Waals surface area contributed by atoms with Gasteiger partial charge in [-0.05, 0) is 63.5 Å². The van der Waals surface area contributed by atoms with Gasteiger partial charge >= 0.3 is 0 Å². The molecule has 1 saturated heterocycles. The number of halogens is 1. The molecule has 0 aliphatic carbocycles. The number of aromatic nitrogens is 1. The van der Waals surface area contributed by atoms with Gasteiger partial charge in [0, 0.05) is 35.0 Å². The van der Waals surface area contributed by atoms with Gasteiger partial charge in [0.1, 0.15) is 11.5 Å². The molecule has 0 atom stereocenters. The van der Waals surface area contributed by atoms with Crippen LogP contribution in [-0.4, -0.2) is 49.2 Å². The predicted molar refractivity (Wildman–Crippen MR) is 121 cm³/mol. The largest absolute Gasteiger partial charge is 0.496 e. The summed E-state index contributed by atoms with van der Waals surface area (Å²) in [6.45, 7) is 5.21. The van der Waals surface area contributed by atoms with Gasteiger partial charge in [0.15, 0.2) is 11.4 Å². The first-order valence-electron chi connectivity index (χ1n) is 10.6. The van der Waals surface area contributed by atoms with Crippen molar-refractivity contribution in [2.24, 2.45) is 0 Å². The van der Waals surface area contributed by atoms with E-state index in [2.05, 4.69) is 10.1 Å². The van der Waals surface area contributed by atoms with Gasteiger partial charge in [-0.1, -0.05) is 16.8 Å². The van der Waals surface area contributed by atoms with Crippen molar-refractivity contribution in [3.05, 3.63) is 52.7 Å². The Balaban J connectivity index is 1.23. The number of hydrogen-bond acceptors (Lipinski definition) is 6. The summed E-state index contributed by atoms with van der Waals surface area (Å²) in [7, 11) is 1.56. The van der Waals surface area contributed by atoms with Gasteiger partial charge in [-0.2, -0.15) is 0 Å². The van der Waals surface area contributed by atoms with Crippen LogP contribution in [0.3, 0.4) is 0 Å². The average Bonchev–Trinajstić information content (AvgIpc) is 3.19. The summed E-state index contributed by atoms with van der Waals surface area (Å²) in [6, 6.07) is 11.1. The van der Waals surface area contributed by atoms with Crippen molar-refractivity contribution in [1.29, 1.82) is 0 Å². The fraction of sp³-hybridized carbons (Fsp3) is 0.417. The standard InChI is InChI=1S/C24H27ClN2O4/c1-16(28)20-7-5-19(15-22(20)29-2)30-13-3-10-27-11-8-17(9-12-27)24-21-6-4-18(25)14-23(21)31-26-24/h4-7,14-15,17H,3,8-13H2,1-2H3. The van der Waals surface area contributed by atoms with E-state index in [9.17, 15) is 4.79 Å². The van der Waals surface area contributed by atoms with Gasteiger partial charge in [-0.15, -0.1) is 0 Å². The molecule has 1 aliphatic heterocycles. The van der Waals surface area contributed by atoms with Crippen LogP contribution in [0.5, 0.6) is 11.5 Å². The Labute approximate surface area is 187 Å². The topological polar surface area (TPSA) is 64.8 Å². The van der Waals surface area contributed by atoms with E-state index in [4.69, 9.17) is 25.6 Å². The molecule has 0 bridgehead atoms. The van der Waals surface area contributed by atoms with E-state index in [1.165, 1.54) is 6.92 Å². The minimum Gasteiger partial charge on any atom is -0.496 e. The van der Waals surface area contributed by atoms with Crippen LogP contribution in [0.15, 0.2) is 40.9 Å². The molecule has 6 nitrogen and oxygen atoms in total. The summed E-state index contributed by atoms with van der Waals surface area (Å²) in [6.07, 6.45) is 3.07. The average molecular weight is 443 g/mol. The summed E-state index contributed by atoms with van der Waals surface area (Å²) in [5.74, 6) is 1.67. The summed E-state index contributed by atoms with van der Waals surface area (Å²) in [4.78, 5) is 14.1. The van der Waals surface area contributed by atoms with E-state index in [0.29, 0.717) is 28.9 Å². The normalized spacial score (nSPS) is 15.3. The molecule has 1 aliphatic rings. The first-order chi connectivity index (χ1) is 15.0. The van der Waals surface area contributed by atoms with E-state index < -0.39 is 0 Å². The molecule has 7 heteroatoms. The van der Waals surface area contributed by atoms with Crippen LogP contribution in [0.2, 0.25) is 5.02 Å². The number of nitrogens with zero attached hydrogens (tertiary/aromatic N) is 2. The maximum absolute atomic E-state index is 11.6. The van der Waals surface area contributed by atoms with E-state index >= 15 is 0 Å². The number of ketones is 1. The number of fused-ring (bicyclic) bond motifs is 1. The molecule has 0 N–H and O–H groups in total. The van der Waals surface area contributed by atoms with Gasteiger partial charge in [-0.25, -0.2) is 0 Å². The van der Waals surface area contributed by atoms with Gasteiger partial charge in [0.2, 0.25) is 0 Å². The Kier molecular flexibility index (Phi) is 6.78.